The summed E-state index contributed by atoms with van der Waals surface area (Å²) < 4.78 is 5.35. The van der Waals surface area contributed by atoms with Crippen molar-refractivity contribution in [2.24, 2.45) is 5.92 Å². The smallest absolute Gasteiger partial charge is 0.124 e. The fourth-order valence-electron chi connectivity index (χ4n) is 2.11. The van der Waals surface area contributed by atoms with Crippen molar-refractivity contribution in [1.82, 2.24) is 5.32 Å². The predicted octanol–water partition coefficient (Wildman–Crippen LogP) is 4.65. The van der Waals surface area contributed by atoms with E-state index in [1.165, 1.54) is 19.3 Å². The molecule has 2 nitrogen and oxygen atoms in total. The maximum absolute atomic E-state index is 6.22. The Labute approximate surface area is 122 Å². The number of benzene rings is 1. The standard InChI is InChI=1S/C16H26ClNO/c1-12(2)7-5-8-13(3)18-11-14-15(17)9-6-10-16(14)19-4/h6,9-10,12-13,18H,5,7-8,11H2,1-4H3. The molecule has 3 heteroatoms. The Morgan fingerprint density at radius 3 is 2.58 bits per heavy atom. The number of ether oxygens (including phenoxy) is 1. The van der Waals surface area contributed by atoms with Gasteiger partial charge in [-0.15, -0.1) is 0 Å². The maximum atomic E-state index is 6.22. The number of hydrogen-bond acceptors (Lipinski definition) is 2. The van der Waals surface area contributed by atoms with Crippen LogP contribution in [0.1, 0.15) is 45.6 Å². The van der Waals surface area contributed by atoms with Gasteiger partial charge in [0.1, 0.15) is 5.75 Å². The van der Waals surface area contributed by atoms with E-state index < -0.39 is 0 Å². The monoisotopic (exact) mass is 283 g/mol. The van der Waals surface area contributed by atoms with Gasteiger partial charge in [0, 0.05) is 23.2 Å². The van der Waals surface area contributed by atoms with Crippen LogP contribution in [-0.2, 0) is 6.54 Å². The summed E-state index contributed by atoms with van der Waals surface area (Å²) in [6, 6.07) is 6.27. The molecular weight excluding hydrogens is 258 g/mol. The van der Waals surface area contributed by atoms with E-state index in [1.807, 2.05) is 18.2 Å². The van der Waals surface area contributed by atoms with Crippen molar-refractivity contribution in [2.45, 2.75) is 52.6 Å². The minimum absolute atomic E-state index is 0.500. The lowest BCUT2D eigenvalue weighted by molar-refractivity contribution is 0.403. The maximum Gasteiger partial charge on any atom is 0.124 e. The average Bonchev–Trinajstić information content (AvgIpc) is 2.36. The highest BCUT2D eigenvalue weighted by Gasteiger charge is 2.09. The van der Waals surface area contributed by atoms with E-state index in [0.717, 1.165) is 28.8 Å². The highest BCUT2D eigenvalue weighted by atomic mass is 35.5. The summed E-state index contributed by atoms with van der Waals surface area (Å²) >= 11 is 6.22. The third-order valence-corrected chi connectivity index (χ3v) is 3.70. The van der Waals surface area contributed by atoms with Crippen LogP contribution in [0.3, 0.4) is 0 Å². The first-order valence-electron chi connectivity index (χ1n) is 7.09. The lowest BCUT2D eigenvalue weighted by Gasteiger charge is -2.16. The third kappa shape index (κ3) is 5.84. The minimum atomic E-state index is 0.500. The lowest BCUT2D eigenvalue weighted by atomic mass is 10.0. The number of hydrogen-bond donors (Lipinski definition) is 1. The average molecular weight is 284 g/mol. The number of halogens is 1. The second-order valence-electron chi connectivity index (χ2n) is 5.53. The predicted molar refractivity (Wildman–Crippen MR) is 83.0 cm³/mol. The van der Waals surface area contributed by atoms with Crippen molar-refractivity contribution in [3.8, 4) is 5.75 Å². The van der Waals surface area contributed by atoms with Crippen molar-refractivity contribution >= 4 is 11.6 Å². The molecule has 0 aromatic heterocycles. The number of methoxy groups -OCH3 is 1. The molecule has 0 spiro atoms. The van der Waals surface area contributed by atoms with E-state index in [0.29, 0.717) is 6.04 Å². The SMILES string of the molecule is COc1cccc(Cl)c1CNC(C)CCCC(C)C. The van der Waals surface area contributed by atoms with Crippen LogP contribution in [-0.4, -0.2) is 13.2 Å². The molecule has 0 saturated heterocycles. The van der Waals surface area contributed by atoms with Crippen LogP contribution in [0.15, 0.2) is 18.2 Å². The van der Waals surface area contributed by atoms with Crippen LogP contribution < -0.4 is 10.1 Å². The summed E-state index contributed by atoms with van der Waals surface area (Å²) in [4.78, 5) is 0. The molecule has 0 aliphatic heterocycles. The molecular formula is C16H26ClNO. The Kier molecular flexibility index (Phi) is 7.25. The van der Waals surface area contributed by atoms with Gasteiger partial charge in [-0.2, -0.15) is 0 Å². The molecule has 1 atom stereocenters. The molecule has 1 N–H and O–H groups in total. The Bertz CT molecular complexity index is 379. The van der Waals surface area contributed by atoms with Crippen LogP contribution in [0.2, 0.25) is 5.02 Å². The molecule has 1 aromatic carbocycles. The van der Waals surface area contributed by atoms with Crippen molar-refractivity contribution in [1.29, 1.82) is 0 Å². The zero-order valence-electron chi connectivity index (χ0n) is 12.5. The molecule has 0 bridgehead atoms. The van der Waals surface area contributed by atoms with Gasteiger partial charge in [-0.25, -0.2) is 0 Å². The van der Waals surface area contributed by atoms with E-state index >= 15 is 0 Å². The molecule has 0 radical (unpaired) electrons. The van der Waals surface area contributed by atoms with Crippen molar-refractivity contribution in [2.75, 3.05) is 7.11 Å². The third-order valence-electron chi connectivity index (χ3n) is 3.34. The molecule has 0 aliphatic carbocycles. The first-order valence-corrected chi connectivity index (χ1v) is 7.47. The molecule has 1 unspecified atom stereocenters. The summed E-state index contributed by atoms with van der Waals surface area (Å²) in [6.45, 7) is 7.52. The summed E-state index contributed by atoms with van der Waals surface area (Å²) in [5, 5.41) is 4.29. The van der Waals surface area contributed by atoms with Gasteiger partial charge in [-0.1, -0.05) is 44.4 Å². The van der Waals surface area contributed by atoms with Gasteiger partial charge in [0.15, 0.2) is 0 Å². The van der Waals surface area contributed by atoms with Gasteiger partial charge in [-0.3, -0.25) is 0 Å². The molecule has 0 saturated carbocycles. The molecule has 0 heterocycles. The van der Waals surface area contributed by atoms with E-state index in [-0.39, 0.29) is 0 Å². The fraction of sp³-hybridized carbons (Fsp3) is 0.625. The van der Waals surface area contributed by atoms with Gasteiger partial charge in [0.2, 0.25) is 0 Å². The van der Waals surface area contributed by atoms with E-state index in [9.17, 15) is 0 Å². The summed E-state index contributed by atoms with van der Waals surface area (Å²) in [7, 11) is 1.68. The summed E-state index contributed by atoms with van der Waals surface area (Å²) in [5.41, 5.74) is 1.04. The second kappa shape index (κ2) is 8.44. The van der Waals surface area contributed by atoms with Gasteiger partial charge in [0.05, 0.1) is 7.11 Å². The quantitative estimate of drug-likeness (QED) is 0.750. The van der Waals surface area contributed by atoms with E-state index in [1.54, 1.807) is 7.11 Å². The van der Waals surface area contributed by atoms with Gasteiger partial charge in [0.25, 0.3) is 0 Å². The van der Waals surface area contributed by atoms with Gasteiger partial charge >= 0.3 is 0 Å². The number of nitrogens with one attached hydrogen (secondary N) is 1. The molecule has 0 amide bonds. The van der Waals surface area contributed by atoms with Crippen LogP contribution in [0.5, 0.6) is 5.75 Å². The molecule has 1 aromatic rings. The largest absolute Gasteiger partial charge is 0.496 e. The highest BCUT2D eigenvalue weighted by Crippen LogP contribution is 2.26. The van der Waals surface area contributed by atoms with Gasteiger partial charge in [-0.05, 0) is 31.4 Å². The zero-order valence-corrected chi connectivity index (χ0v) is 13.3. The Balaban J connectivity index is 2.43. The van der Waals surface area contributed by atoms with Crippen LogP contribution >= 0.6 is 11.6 Å². The first-order chi connectivity index (χ1) is 9.04. The second-order valence-corrected chi connectivity index (χ2v) is 5.93. The molecule has 0 fully saturated rings. The van der Waals surface area contributed by atoms with Crippen LogP contribution in [0.25, 0.3) is 0 Å². The summed E-state index contributed by atoms with van der Waals surface area (Å²) in [6.07, 6.45) is 3.76. The molecule has 1 rings (SSSR count). The topological polar surface area (TPSA) is 21.3 Å². The van der Waals surface area contributed by atoms with Crippen molar-refractivity contribution in [3.05, 3.63) is 28.8 Å². The normalized spacial score (nSPS) is 12.7. The van der Waals surface area contributed by atoms with E-state index in [4.69, 9.17) is 16.3 Å². The highest BCUT2D eigenvalue weighted by molar-refractivity contribution is 6.31. The molecule has 19 heavy (non-hydrogen) atoms. The Hall–Kier alpha value is -0.730. The van der Waals surface area contributed by atoms with Crippen molar-refractivity contribution in [3.63, 3.8) is 0 Å². The molecule has 0 aliphatic rings. The van der Waals surface area contributed by atoms with Gasteiger partial charge < -0.3 is 10.1 Å². The van der Waals surface area contributed by atoms with E-state index in [2.05, 4.69) is 26.1 Å². The Morgan fingerprint density at radius 1 is 1.21 bits per heavy atom. The van der Waals surface area contributed by atoms with Crippen molar-refractivity contribution < 1.29 is 4.74 Å². The number of rotatable bonds is 8. The lowest BCUT2D eigenvalue weighted by Crippen LogP contribution is -2.25. The molecule has 108 valence electrons. The zero-order chi connectivity index (χ0) is 14.3. The first kappa shape index (κ1) is 16.3. The van der Waals surface area contributed by atoms with Crippen LogP contribution in [0.4, 0.5) is 0 Å². The minimum Gasteiger partial charge on any atom is -0.496 e. The Morgan fingerprint density at radius 2 is 1.95 bits per heavy atom. The fourth-order valence-corrected chi connectivity index (χ4v) is 2.34. The summed E-state index contributed by atoms with van der Waals surface area (Å²) in [5.74, 6) is 1.64. The van der Waals surface area contributed by atoms with Crippen LogP contribution in [0, 0.1) is 5.92 Å².